The molecule has 2 aromatic carbocycles. The third-order valence-electron chi connectivity index (χ3n) is 3.18. The second-order valence-electron chi connectivity index (χ2n) is 5.30. The minimum Gasteiger partial charge on any atom is -0.493 e. The molecule has 4 heteroatoms. The lowest BCUT2D eigenvalue weighted by Gasteiger charge is -2.14. The van der Waals surface area contributed by atoms with E-state index < -0.39 is 0 Å². The number of benzene rings is 2. The minimum atomic E-state index is -0.177. The Morgan fingerprint density at radius 2 is 1.82 bits per heavy atom. The number of hydrogen-bond donors (Lipinski definition) is 1. The van der Waals surface area contributed by atoms with Crippen molar-refractivity contribution < 1.29 is 14.3 Å². The summed E-state index contributed by atoms with van der Waals surface area (Å²) in [6.07, 6.45) is 0.0422. The van der Waals surface area contributed by atoms with Crippen molar-refractivity contribution in [2.75, 3.05) is 12.4 Å². The number of amides is 1. The molecule has 0 aliphatic heterocycles. The van der Waals surface area contributed by atoms with Crippen LogP contribution >= 0.6 is 0 Å². The van der Waals surface area contributed by atoms with E-state index >= 15 is 0 Å². The average Bonchev–Trinajstić information content (AvgIpc) is 2.49. The molecule has 0 spiro atoms. The Kier molecular flexibility index (Phi) is 5.04. The summed E-state index contributed by atoms with van der Waals surface area (Å²) in [5, 5.41) is 2.90. The number of methoxy groups -OCH3 is 1. The van der Waals surface area contributed by atoms with E-state index in [0.717, 1.165) is 11.3 Å². The predicted octanol–water partition coefficient (Wildman–Crippen LogP) is 4.04. The first-order valence-electron chi connectivity index (χ1n) is 7.23. The number of rotatable bonds is 5. The zero-order valence-electron chi connectivity index (χ0n) is 13.3. The van der Waals surface area contributed by atoms with E-state index in [2.05, 4.69) is 5.32 Å². The van der Waals surface area contributed by atoms with Gasteiger partial charge in [0.2, 0.25) is 0 Å². The van der Waals surface area contributed by atoms with E-state index in [1.807, 2.05) is 45.0 Å². The van der Waals surface area contributed by atoms with Crippen LogP contribution < -0.4 is 14.8 Å². The van der Waals surface area contributed by atoms with E-state index in [1.54, 1.807) is 25.3 Å². The van der Waals surface area contributed by atoms with Gasteiger partial charge in [0.1, 0.15) is 0 Å². The van der Waals surface area contributed by atoms with Gasteiger partial charge in [0.05, 0.1) is 13.2 Å². The van der Waals surface area contributed by atoms with Crippen molar-refractivity contribution >= 4 is 11.6 Å². The Labute approximate surface area is 131 Å². The molecule has 0 unspecified atom stereocenters. The van der Waals surface area contributed by atoms with Crippen molar-refractivity contribution in [2.45, 2.75) is 26.9 Å². The van der Waals surface area contributed by atoms with Crippen LogP contribution in [0.5, 0.6) is 11.5 Å². The molecule has 0 fully saturated rings. The highest BCUT2D eigenvalue weighted by Gasteiger charge is 2.13. The van der Waals surface area contributed by atoms with Crippen molar-refractivity contribution in [2.24, 2.45) is 0 Å². The minimum absolute atomic E-state index is 0.0422. The summed E-state index contributed by atoms with van der Waals surface area (Å²) in [6.45, 7) is 5.84. The molecule has 0 saturated heterocycles. The number of para-hydroxylation sites is 1. The van der Waals surface area contributed by atoms with Gasteiger partial charge < -0.3 is 14.8 Å². The van der Waals surface area contributed by atoms with E-state index in [1.165, 1.54) is 0 Å². The van der Waals surface area contributed by atoms with Gasteiger partial charge in [-0.1, -0.05) is 18.2 Å². The van der Waals surface area contributed by atoms with Gasteiger partial charge in [-0.05, 0) is 50.6 Å². The third-order valence-corrected chi connectivity index (χ3v) is 3.18. The molecule has 1 amide bonds. The predicted molar refractivity (Wildman–Crippen MR) is 87.9 cm³/mol. The van der Waals surface area contributed by atoms with Crippen LogP contribution in [-0.4, -0.2) is 19.1 Å². The molecule has 1 N–H and O–H groups in total. The normalized spacial score (nSPS) is 10.4. The summed E-state index contributed by atoms with van der Waals surface area (Å²) >= 11 is 0. The summed E-state index contributed by atoms with van der Waals surface area (Å²) in [6, 6.07) is 12.8. The van der Waals surface area contributed by atoms with Crippen LogP contribution in [0.1, 0.15) is 29.8 Å². The molecule has 2 aromatic rings. The lowest BCUT2D eigenvalue weighted by Crippen LogP contribution is -2.13. The number of carbonyl (C=O) groups is 1. The summed E-state index contributed by atoms with van der Waals surface area (Å²) in [4.78, 5) is 12.4. The molecule has 0 aliphatic carbocycles. The second-order valence-corrected chi connectivity index (χ2v) is 5.30. The number of nitrogens with one attached hydrogen (secondary N) is 1. The molecule has 0 aliphatic rings. The molecule has 0 saturated carbocycles. The fraction of sp³-hybridized carbons (Fsp3) is 0.278. The van der Waals surface area contributed by atoms with Gasteiger partial charge in [-0.3, -0.25) is 4.79 Å². The van der Waals surface area contributed by atoms with Gasteiger partial charge in [-0.15, -0.1) is 0 Å². The van der Waals surface area contributed by atoms with Crippen molar-refractivity contribution in [3.05, 3.63) is 53.6 Å². The molecule has 0 aromatic heterocycles. The topological polar surface area (TPSA) is 47.6 Å². The van der Waals surface area contributed by atoms with Crippen LogP contribution in [0.4, 0.5) is 5.69 Å². The first-order valence-corrected chi connectivity index (χ1v) is 7.23. The Bertz CT molecular complexity index is 665. The van der Waals surface area contributed by atoms with Crippen molar-refractivity contribution in [1.82, 2.24) is 0 Å². The smallest absolute Gasteiger partial charge is 0.255 e. The highest BCUT2D eigenvalue weighted by Crippen LogP contribution is 2.29. The van der Waals surface area contributed by atoms with Gasteiger partial charge in [-0.2, -0.15) is 0 Å². The van der Waals surface area contributed by atoms with Gasteiger partial charge in [0, 0.05) is 11.3 Å². The van der Waals surface area contributed by atoms with Crippen molar-refractivity contribution in [3.63, 3.8) is 0 Å². The first kappa shape index (κ1) is 15.9. The largest absolute Gasteiger partial charge is 0.493 e. The number of anilines is 1. The van der Waals surface area contributed by atoms with Crippen LogP contribution in [0.25, 0.3) is 0 Å². The zero-order chi connectivity index (χ0) is 16.1. The van der Waals surface area contributed by atoms with Crippen LogP contribution in [-0.2, 0) is 0 Å². The summed E-state index contributed by atoms with van der Waals surface area (Å²) < 4.78 is 11.0. The summed E-state index contributed by atoms with van der Waals surface area (Å²) in [5.41, 5.74) is 2.34. The van der Waals surface area contributed by atoms with Gasteiger partial charge in [-0.25, -0.2) is 0 Å². The Morgan fingerprint density at radius 1 is 1.09 bits per heavy atom. The average molecular weight is 299 g/mol. The highest BCUT2D eigenvalue weighted by atomic mass is 16.5. The number of ether oxygens (including phenoxy) is 2. The SMILES string of the molecule is COc1cc(C(=O)Nc2ccccc2C)ccc1OC(C)C. The lowest BCUT2D eigenvalue weighted by atomic mass is 10.1. The maximum atomic E-state index is 12.4. The first-order chi connectivity index (χ1) is 10.5. The van der Waals surface area contributed by atoms with E-state index in [0.29, 0.717) is 17.1 Å². The number of carbonyl (C=O) groups excluding carboxylic acids is 1. The third kappa shape index (κ3) is 3.79. The fourth-order valence-corrected chi connectivity index (χ4v) is 2.07. The maximum Gasteiger partial charge on any atom is 0.255 e. The van der Waals surface area contributed by atoms with Crippen LogP contribution in [0.15, 0.2) is 42.5 Å². The molecular weight excluding hydrogens is 278 g/mol. The van der Waals surface area contributed by atoms with Gasteiger partial charge in [0.25, 0.3) is 5.91 Å². The second kappa shape index (κ2) is 6.98. The van der Waals surface area contributed by atoms with Crippen molar-refractivity contribution in [3.8, 4) is 11.5 Å². The molecular formula is C18H21NO3. The van der Waals surface area contributed by atoms with Gasteiger partial charge >= 0.3 is 0 Å². The Morgan fingerprint density at radius 3 is 2.45 bits per heavy atom. The van der Waals surface area contributed by atoms with Crippen LogP contribution in [0, 0.1) is 6.92 Å². The van der Waals surface area contributed by atoms with Crippen LogP contribution in [0.3, 0.4) is 0 Å². The maximum absolute atomic E-state index is 12.4. The quantitative estimate of drug-likeness (QED) is 0.906. The summed E-state index contributed by atoms with van der Waals surface area (Å²) in [7, 11) is 1.56. The molecule has 116 valence electrons. The van der Waals surface area contributed by atoms with E-state index in [-0.39, 0.29) is 12.0 Å². The Hall–Kier alpha value is -2.49. The standard InChI is InChI=1S/C18H21NO3/c1-12(2)22-16-10-9-14(11-17(16)21-4)18(20)19-15-8-6-5-7-13(15)3/h5-12H,1-4H3,(H,19,20). The van der Waals surface area contributed by atoms with E-state index in [9.17, 15) is 4.79 Å². The zero-order valence-corrected chi connectivity index (χ0v) is 13.3. The molecule has 0 radical (unpaired) electrons. The molecule has 4 nitrogen and oxygen atoms in total. The highest BCUT2D eigenvalue weighted by molar-refractivity contribution is 6.05. The number of hydrogen-bond acceptors (Lipinski definition) is 3. The molecule has 0 atom stereocenters. The van der Waals surface area contributed by atoms with Crippen molar-refractivity contribution in [1.29, 1.82) is 0 Å². The van der Waals surface area contributed by atoms with Crippen LogP contribution in [0.2, 0.25) is 0 Å². The lowest BCUT2D eigenvalue weighted by molar-refractivity contribution is 0.102. The molecule has 0 heterocycles. The molecule has 0 bridgehead atoms. The summed E-state index contributed by atoms with van der Waals surface area (Å²) in [5.74, 6) is 1.000. The molecule has 22 heavy (non-hydrogen) atoms. The monoisotopic (exact) mass is 299 g/mol. The number of aryl methyl sites for hydroxylation is 1. The molecule has 2 rings (SSSR count). The Balaban J connectivity index is 2.21. The fourth-order valence-electron chi connectivity index (χ4n) is 2.07. The van der Waals surface area contributed by atoms with E-state index in [4.69, 9.17) is 9.47 Å². The van der Waals surface area contributed by atoms with Gasteiger partial charge in [0.15, 0.2) is 11.5 Å².